The molecule has 0 aliphatic carbocycles. The zero-order chi connectivity index (χ0) is 14.0. The lowest BCUT2D eigenvalue weighted by Crippen LogP contribution is -2.16. The zero-order valence-electron chi connectivity index (χ0n) is 12.2. The Kier molecular flexibility index (Phi) is 3.93. The van der Waals surface area contributed by atoms with Crippen molar-refractivity contribution in [2.45, 2.75) is 27.7 Å². The number of aromatic nitrogens is 1. The van der Waals surface area contributed by atoms with Crippen molar-refractivity contribution in [3.63, 3.8) is 0 Å². The van der Waals surface area contributed by atoms with Crippen LogP contribution in [0.25, 0.3) is 10.9 Å². The number of fused-ring (bicyclic) bond motifs is 1. The van der Waals surface area contributed by atoms with Crippen LogP contribution in [-0.2, 0) is 0 Å². The predicted molar refractivity (Wildman–Crippen MR) is 83.4 cm³/mol. The van der Waals surface area contributed by atoms with Gasteiger partial charge in [0.2, 0.25) is 0 Å². The van der Waals surface area contributed by atoms with Gasteiger partial charge in [-0.2, -0.15) is 0 Å². The smallest absolute Gasteiger partial charge is 0.0727 e. The fourth-order valence-electron chi connectivity index (χ4n) is 2.03. The molecule has 1 atom stereocenters. The molecule has 0 saturated heterocycles. The molecule has 19 heavy (non-hydrogen) atoms. The Balaban J connectivity index is 2.33. The second-order valence-electron chi connectivity index (χ2n) is 5.69. The third kappa shape index (κ3) is 3.16. The Hall–Kier alpha value is -1.77. The molecule has 0 aliphatic heterocycles. The number of hydrogen-bond donors (Lipinski definition) is 2. The van der Waals surface area contributed by atoms with Gasteiger partial charge in [0, 0.05) is 29.0 Å². The standard InChI is InChI=1S/C16H23N3/c1-10(2)11(3)9-18-16-7-12(4)19-15-6-5-13(17)8-14(15)16/h5-8,10-11H,9,17H2,1-4H3,(H,18,19). The van der Waals surface area contributed by atoms with Crippen LogP contribution in [0.15, 0.2) is 24.3 Å². The topological polar surface area (TPSA) is 50.9 Å². The quantitative estimate of drug-likeness (QED) is 0.818. The molecule has 102 valence electrons. The number of hydrogen-bond acceptors (Lipinski definition) is 3. The van der Waals surface area contributed by atoms with Crippen molar-refractivity contribution in [1.82, 2.24) is 4.98 Å². The van der Waals surface area contributed by atoms with Gasteiger partial charge >= 0.3 is 0 Å². The highest BCUT2D eigenvalue weighted by Crippen LogP contribution is 2.25. The van der Waals surface area contributed by atoms with Gasteiger partial charge in [-0.1, -0.05) is 20.8 Å². The molecule has 0 fully saturated rings. The molecule has 1 aromatic carbocycles. The Labute approximate surface area is 115 Å². The number of nitrogen functional groups attached to an aromatic ring is 1. The molecule has 0 spiro atoms. The van der Waals surface area contributed by atoms with Crippen molar-refractivity contribution in [3.8, 4) is 0 Å². The average Bonchev–Trinajstić information content (AvgIpc) is 2.36. The van der Waals surface area contributed by atoms with Crippen LogP contribution in [0.1, 0.15) is 26.5 Å². The Morgan fingerprint density at radius 1 is 1.21 bits per heavy atom. The first-order chi connectivity index (χ1) is 8.97. The summed E-state index contributed by atoms with van der Waals surface area (Å²) in [5.74, 6) is 1.30. The summed E-state index contributed by atoms with van der Waals surface area (Å²) in [6.07, 6.45) is 0. The highest BCUT2D eigenvalue weighted by molar-refractivity contribution is 5.93. The van der Waals surface area contributed by atoms with E-state index in [-0.39, 0.29) is 0 Å². The maximum absolute atomic E-state index is 5.88. The summed E-state index contributed by atoms with van der Waals surface area (Å²) < 4.78 is 0. The predicted octanol–water partition coefficient (Wildman–Crippen LogP) is 3.83. The van der Waals surface area contributed by atoms with E-state index < -0.39 is 0 Å². The minimum atomic E-state index is 0.629. The molecule has 1 aromatic heterocycles. The monoisotopic (exact) mass is 257 g/mol. The van der Waals surface area contributed by atoms with Gasteiger partial charge in [0.25, 0.3) is 0 Å². The van der Waals surface area contributed by atoms with Gasteiger partial charge in [0.1, 0.15) is 0 Å². The summed E-state index contributed by atoms with van der Waals surface area (Å²) in [5, 5.41) is 4.64. The molecule has 0 amide bonds. The van der Waals surface area contributed by atoms with E-state index in [0.717, 1.165) is 34.5 Å². The molecule has 0 aliphatic rings. The lowest BCUT2D eigenvalue weighted by atomic mass is 9.98. The van der Waals surface area contributed by atoms with Crippen molar-refractivity contribution in [1.29, 1.82) is 0 Å². The number of anilines is 2. The van der Waals surface area contributed by atoms with Gasteiger partial charge in [-0.25, -0.2) is 0 Å². The van der Waals surface area contributed by atoms with Gasteiger partial charge in [0.05, 0.1) is 5.52 Å². The molecule has 0 radical (unpaired) electrons. The van der Waals surface area contributed by atoms with Gasteiger partial charge in [-0.05, 0) is 43.0 Å². The van der Waals surface area contributed by atoms with Crippen LogP contribution < -0.4 is 11.1 Å². The summed E-state index contributed by atoms with van der Waals surface area (Å²) in [4.78, 5) is 4.54. The Morgan fingerprint density at radius 2 is 1.95 bits per heavy atom. The summed E-state index contributed by atoms with van der Waals surface area (Å²) in [7, 11) is 0. The number of aryl methyl sites for hydroxylation is 1. The van der Waals surface area contributed by atoms with Gasteiger partial charge < -0.3 is 11.1 Å². The Bertz CT molecular complexity index is 575. The molecule has 3 nitrogen and oxygen atoms in total. The summed E-state index contributed by atoms with van der Waals surface area (Å²) >= 11 is 0. The van der Waals surface area contributed by atoms with Crippen LogP contribution in [0, 0.1) is 18.8 Å². The van der Waals surface area contributed by atoms with E-state index in [1.807, 2.05) is 25.1 Å². The van der Waals surface area contributed by atoms with Crippen molar-refractivity contribution < 1.29 is 0 Å². The van der Waals surface area contributed by atoms with E-state index in [9.17, 15) is 0 Å². The fraction of sp³-hybridized carbons (Fsp3) is 0.438. The van der Waals surface area contributed by atoms with Crippen molar-refractivity contribution in [3.05, 3.63) is 30.0 Å². The van der Waals surface area contributed by atoms with Gasteiger partial charge in [-0.15, -0.1) is 0 Å². The molecule has 2 aromatic rings. The minimum absolute atomic E-state index is 0.629. The van der Waals surface area contributed by atoms with Crippen LogP contribution in [0.2, 0.25) is 0 Å². The third-order valence-electron chi connectivity index (χ3n) is 3.71. The number of nitrogens with one attached hydrogen (secondary N) is 1. The van der Waals surface area contributed by atoms with E-state index >= 15 is 0 Å². The Morgan fingerprint density at radius 3 is 2.63 bits per heavy atom. The van der Waals surface area contributed by atoms with Gasteiger partial charge in [0.15, 0.2) is 0 Å². The lowest BCUT2D eigenvalue weighted by molar-refractivity contribution is 0.440. The summed E-state index contributed by atoms with van der Waals surface area (Å²) in [5.41, 5.74) is 9.80. The first-order valence-corrected chi connectivity index (χ1v) is 6.88. The van der Waals surface area contributed by atoms with Crippen molar-refractivity contribution in [2.75, 3.05) is 17.6 Å². The van der Waals surface area contributed by atoms with E-state index in [1.54, 1.807) is 0 Å². The van der Waals surface area contributed by atoms with Crippen LogP contribution in [0.5, 0.6) is 0 Å². The summed E-state index contributed by atoms with van der Waals surface area (Å²) in [6, 6.07) is 7.96. The highest BCUT2D eigenvalue weighted by atomic mass is 14.9. The summed E-state index contributed by atoms with van der Waals surface area (Å²) in [6.45, 7) is 9.75. The third-order valence-corrected chi connectivity index (χ3v) is 3.71. The van der Waals surface area contributed by atoms with Crippen LogP contribution >= 0.6 is 0 Å². The maximum Gasteiger partial charge on any atom is 0.0727 e. The first-order valence-electron chi connectivity index (χ1n) is 6.88. The number of pyridine rings is 1. The van der Waals surface area contributed by atoms with Crippen LogP contribution in [0.3, 0.4) is 0 Å². The second kappa shape index (κ2) is 5.47. The molecule has 1 unspecified atom stereocenters. The highest BCUT2D eigenvalue weighted by Gasteiger charge is 2.09. The average molecular weight is 257 g/mol. The molecular weight excluding hydrogens is 234 g/mol. The first kappa shape index (κ1) is 13.7. The van der Waals surface area contributed by atoms with E-state index in [4.69, 9.17) is 5.73 Å². The number of nitrogens with zero attached hydrogens (tertiary/aromatic N) is 1. The lowest BCUT2D eigenvalue weighted by Gasteiger charge is -2.18. The molecule has 3 N–H and O–H groups in total. The molecule has 0 bridgehead atoms. The second-order valence-corrected chi connectivity index (χ2v) is 5.69. The van der Waals surface area contributed by atoms with E-state index in [1.165, 1.54) is 0 Å². The fourth-order valence-corrected chi connectivity index (χ4v) is 2.03. The molecule has 3 heteroatoms. The minimum Gasteiger partial charge on any atom is -0.399 e. The van der Waals surface area contributed by atoms with Crippen LogP contribution in [-0.4, -0.2) is 11.5 Å². The largest absolute Gasteiger partial charge is 0.399 e. The van der Waals surface area contributed by atoms with E-state index in [2.05, 4.69) is 37.1 Å². The van der Waals surface area contributed by atoms with Crippen molar-refractivity contribution in [2.24, 2.45) is 11.8 Å². The molecule has 1 heterocycles. The molecule has 0 saturated carbocycles. The molecular formula is C16H23N3. The number of nitrogens with two attached hydrogens (primary N) is 1. The zero-order valence-corrected chi connectivity index (χ0v) is 12.2. The van der Waals surface area contributed by atoms with Crippen molar-refractivity contribution >= 4 is 22.3 Å². The number of rotatable bonds is 4. The number of benzene rings is 1. The van der Waals surface area contributed by atoms with Crippen LogP contribution in [0.4, 0.5) is 11.4 Å². The normalized spacial score (nSPS) is 12.9. The maximum atomic E-state index is 5.88. The van der Waals surface area contributed by atoms with E-state index in [0.29, 0.717) is 11.8 Å². The van der Waals surface area contributed by atoms with Gasteiger partial charge in [-0.3, -0.25) is 4.98 Å². The molecule has 2 rings (SSSR count). The SMILES string of the molecule is Cc1cc(NCC(C)C(C)C)c2cc(N)ccc2n1.